The number of amides is 1. The summed E-state index contributed by atoms with van der Waals surface area (Å²) in [4.78, 5) is 23.3. The second-order valence-electron chi connectivity index (χ2n) is 10.9. The summed E-state index contributed by atoms with van der Waals surface area (Å²) in [7, 11) is 0. The van der Waals surface area contributed by atoms with Crippen LogP contribution in [0.1, 0.15) is 175 Å². The van der Waals surface area contributed by atoms with E-state index in [-0.39, 0.29) is 11.8 Å². The van der Waals surface area contributed by atoms with Crippen LogP contribution in [0, 0.1) is 5.92 Å². The van der Waals surface area contributed by atoms with E-state index >= 15 is 0 Å². The Morgan fingerprint density at radius 3 is 1.17 bits per heavy atom. The maximum absolute atomic E-state index is 12.0. The van der Waals surface area contributed by atoms with Crippen molar-refractivity contribution in [2.75, 3.05) is 0 Å². The van der Waals surface area contributed by atoms with Crippen LogP contribution in [0.5, 0.6) is 0 Å². The Bertz CT molecular complexity index is 480. The van der Waals surface area contributed by atoms with Crippen molar-refractivity contribution in [2.45, 2.75) is 181 Å². The molecule has 1 amide bonds. The number of rotatable bonds is 27. The number of carbonyl (C=O) groups excluding carboxylic acids is 1. The van der Waals surface area contributed by atoms with E-state index in [1.54, 1.807) is 0 Å². The molecule has 208 valence electrons. The fourth-order valence-electron chi connectivity index (χ4n) is 4.82. The number of aliphatic carboxylic acids is 1. The molecule has 0 saturated heterocycles. The van der Waals surface area contributed by atoms with Crippen molar-refractivity contribution >= 4 is 11.9 Å². The van der Waals surface area contributed by atoms with E-state index in [2.05, 4.69) is 12.2 Å². The van der Waals surface area contributed by atoms with Crippen LogP contribution in [0.25, 0.3) is 0 Å². The number of carboxylic acid groups (broad SMARTS) is 1. The summed E-state index contributed by atoms with van der Waals surface area (Å²) < 4.78 is 0. The molecule has 0 radical (unpaired) electrons. The molecule has 2 N–H and O–H groups in total. The topological polar surface area (TPSA) is 66.4 Å². The van der Waals surface area contributed by atoms with Crippen LogP contribution in [-0.2, 0) is 9.59 Å². The van der Waals surface area contributed by atoms with Crippen molar-refractivity contribution in [1.82, 2.24) is 5.32 Å². The molecular weight excluding hydrogens is 434 g/mol. The van der Waals surface area contributed by atoms with E-state index in [4.69, 9.17) is 0 Å². The number of unbranched alkanes of at least 4 members (excludes halogenated alkanes) is 21. The number of carbonyl (C=O) groups is 2. The van der Waals surface area contributed by atoms with E-state index in [0.29, 0.717) is 6.42 Å². The molecule has 0 fully saturated rings. The van der Waals surface area contributed by atoms with Crippen LogP contribution in [0.4, 0.5) is 0 Å². The average Bonchev–Trinajstić information content (AvgIpc) is 2.85. The van der Waals surface area contributed by atoms with Gasteiger partial charge in [0.25, 0.3) is 0 Å². The molecule has 0 rings (SSSR count). The molecule has 0 aromatic carbocycles. The standard InChI is InChI=1S/C31H61NO3/c1-4-6-7-8-9-10-11-12-13-14-15-16-17-18-19-20-21-22-23-24-25-26-27-29(33)32-30(31(34)35)28(3)5-2/h28,30H,4-27H2,1-3H3,(H,32,33)(H,34,35)/t28-,30-/m0/s1. The molecular formula is C31H61NO3. The lowest BCUT2D eigenvalue weighted by Crippen LogP contribution is -2.44. The predicted molar refractivity (Wildman–Crippen MR) is 151 cm³/mol. The fourth-order valence-corrected chi connectivity index (χ4v) is 4.82. The lowest BCUT2D eigenvalue weighted by molar-refractivity contribution is -0.143. The van der Waals surface area contributed by atoms with Crippen molar-refractivity contribution in [3.8, 4) is 0 Å². The minimum atomic E-state index is -0.929. The number of carboxylic acids is 1. The Labute approximate surface area is 218 Å². The van der Waals surface area contributed by atoms with Gasteiger partial charge in [-0.05, 0) is 12.3 Å². The van der Waals surface area contributed by atoms with Crippen molar-refractivity contribution in [3.63, 3.8) is 0 Å². The third kappa shape index (κ3) is 23.1. The van der Waals surface area contributed by atoms with Crippen molar-refractivity contribution in [1.29, 1.82) is 0 Å². The normalized spacial score (nSPS) is 13.0. The highest BCUT2D eigenvalue weighted by molar-refractivity contribution is 5.83. The first-order valence-corrected chi connectivity index (χ1v) is 15.5. The summed E-state index contributed by atoms with van der Waals surface area (Å²) in [5, 5.41) is 12.0. The maximum atomic E-state index is 12.0. The van der Waals surface area contributed by atoms with Gasteiger partial charge in [-0.15, -0.1) is 0 Å². The van der Waals surface area contributed by atoms with Gasteiger partial charge in [0.15, 0.2) is 0 Å². The Morgan fingerprint density at radius 2 is 0.886 bits per heavy atom. The average molecular weight is 496 g/mol. The molecule has 0 aliphatic rings. The van der Waals surface area contributed by atoms with Crippen molar-refractivity contribution < 1.29 is 14.7 Å². The first-order valence-electron chi connectivity index (χ1n) is 15.5. The molecule has 0 spiro atoms. The van der Waals surface area contributed by atoms with E-state index in [1.807, 2.05) is 13.8 Å². The second kappa shape index (κ2) is 26.0. The molecule has 4 nitrogen and oxygen atoms in total. The molecule has 2 atom stereocenters. The van der Waals surface area contributed by atoms with E-state index in [0.717, 1.165) is 19.3 Å². The molecule has 0 aromatic heterocycles. The quantitative estimate of drug-likeness (QED) is 0.111. The van der Waals surface area contributed by atoms with Crippen LogP contribution < -0.4 is 5.32 Å². The summed E-state index contributed by atoms with van der Waals surface area (Å²) in [5.41, 5.74) is 0. The smallest absolute Gasteiger partial charge is 0.326 e. The SMILES string of the molecule is CCCCCCCCCCCCCCCCCCCCCCCCC(=O)N[C@H](C(=O)O)[C@@H](C)CC. The third-order valence-electron chi connectivity index (χ3n) is 7.55. The monoisotopic (exact) mass is 495 g/mol. The van der Waals surface area contributed by atoms with Gasteiger partial charge in [0.1, 0.15) is 6.04 Å². The van der Waals surface area contributed by atoms with E-state index in [1.165, 1.54) is 128 Å². The van der Waals surface area contributed by atoms with Gasteiger partial charge in [-0.25, -0.2) is 4.79 Å². The fraction of sp³-hybridized carbons (Fsp3) is 0.935. The number of hydrogen-bond donors (Lipinski definition) is 2. The number of hydrogen-bond acceptors (Lipinski definition) is 2. The van der Waals surface area contributed by atoms with Crippen LogP contribution in [0.3, 0.4) is 0 Å². The minimum Gasteiger partial charge on any atom is -0.480 e. The molecule has 35 heavy (non-hydrogen) atoms. The molecule has 4 heteroatoms. The van der Waals surface area contributed by atoms with Crippen LogP contribution in [0.15, 0.2) is 0 Å². The summed E-state index contributed by atoms with van der Waals surface area (Å²) in [6.45, 7) is 6.11. The van der Waals surface area contributed by atoms with Gasteiger partial charge in [-0.3, -0.25) is 4.79 Å². The molecule has 0 saturated carbocycles. The molecule has 0 aromatic rings. The van der Waals surface area contributed by atoms with Gasteiger partial charge in [-0.1, -0.05) is 162 Å². The highest BCUT2D eigenvalue weighted by atomic mass is 16.4. The molecule has 0 unspecified atom stereocenters. The largest absolute Gasteiger partial charge is 0.480 e. The zero-order valence-electron chi connectivity index (χ0n) is 23.9. The Morgan fingerprint density at radius 1 is 0.571 bits per heavy atom. The van der Waals surface area contributed by atoms with Gasteiger partial charge < -0.3 is 10.4 Å². The zero-order valence-corrected chi connectivity index (χ0v) is 23.9. The summed E-state index contributed by atoms with van der Waals surface area (Å²) in [6.07, 6.45) is 31.0. The van der Waals surface area contributed by atoms with Gasteiger partial charge in [0.2, 0.25) is 5.91 Å². The van der Waals surface area contributed by atoms with E-state index in [9.17, 15) is 14.7 Å². The van der Waals surface area contributed by atoms with Crippen molar-refractivity contribution in [3.05, 3.63) is 0 Å². The summed E-state index contributed by atoms with van der Waals surface area (Å²) in [5.74, 6) is -1.09. The summed E-state index contributed by atoms with van der Waals surface area (Å²) >= 11 is 0. The molecule has 0 bridgehead atoms. The summed E-state index contributed by atoms with van der Waals surface area (Å²) in [6, 6.07) is -0.757. The first kappa shape index (κ1) is 33.9. The minimum absolute atomic E-state index is 0.0408. The predicted octanol–water partition coefficient (Wildman–Crippen LogP) is 9.59. The molecule has 0 aliphatic carbocycles. The molecule has 0 heterocycles. The Kier molecular flexibility index (Phi) is 25.2. The zero-order chi connectivity index (χ0) is 26.0. The van der Waals surface area contributed by atoms with Gasteiger partial charge >= 0.3 is 5.97 Å². The Hall–Kier alpha value is -1.06. The number of nitrogens with one attached hydrogen (secondary N) is 1. The van der Waals surface area contributed by atoms with Crippen LogP contribution in [-0.4, -0.2) is 23.0 Å². The van der Waals surface area contributed by atoms with E-state index < -0.39 is 12.0 Å². The highest BCUT2D eigenvalue weighted by Crippen LogP contribution is 2.15. The Balaban J connectivity index is 3.29. The lowest BCUT2D eigenvalue weighted by Gasteiger charge is -2.20. The lowest BCUT2D eigenvalue weighted by atomic mass is 9.99. The highest BCUT2D eigenvalue weighted by Gasteiger charge is 2.24. The van der Waals surface area contributed by atoms with Crippen molar-refractivity contribution in [2.24, 2.45) is 5.92 Å². The molecule has 0 aliphatic heterocycles. The van der Waals surface area contributed by atoms with Gasteiger partial charge in [-0.2, -0.15) is 0 Å². The maximum Gasteiger partial charge on any atom is 0.326 e. The first-order chi connectivity index (χ1) is 17.0. The van der Waals surface area contributed by atoms with Crippen LogP contribution >= 0.6 is 0 Å². The third-order valence-corrected chi connectivity index (χ3v) is 7.55. The van der Waals surface area contributed by atoms with Crippen LogP contribution in [0.2, 0.25) is 0 Å². The van der Waals surface area contributed by atoms with Gasteiger partial charge in [0.05, 0.1) is 0 Å². The second-order valence-corrected chi connectivity index (χ2v) is 10.9. The van der Waals surface area contributed by atoms with Gasteiger partial charge in [0, 0.05) is 6.42 Å².